The molecule has 150 valence electrons. The highest BCUT2D eigenvalue weighted by Gasteiger charge is 2.16. The molecule has 0 saturated heterocycles. The Morgan fingerprint density at radius 1 is 0.964 bits per heavy atom. The first-order valence-corrected chi connectivity index (χ1v) is 9.85. The van der Waals surface area contributed by atoms with Gasteiger partial charge in [0.05, 0.1) is 0 Å². The van der Waals surface area contributed by atoms with Gasteiger partial charge in [0, 0.05) is 50.0 Å². The Labute approximate surface area is 168 Å². The number of hydrogen-bond acceptors (Lipinski definition) is 3. The summed E-state index contributed by atoms with van der Waals surface area (Å²) in [6.45, 7) is 12.0. The van der Waals surface area contributed by atoms with Crippen LogP contribution in [0.25, 0.3) is 0 Å². The molecule has 0 aromatic heterocycles. The average molecular weight is 382 g/mol. The van der Waals surface area contributed by atoms with Gasteiger partial charge in [-0.05, 0) is 63.6 Å². The average Bonchev–Trinajstić information content (AvgIpc) is 2.66. The smallest absolute Gasteiger partial charge is 0.226 e. The summed E-state index contributed by atoms with van der Waals surface area (Å²) < 4.78 is 0. The zero-order valence-electron chi connectivity index (χ0n) is 17.6. The molecular weight excluding hydrogens is 350 g/mol. The highest BCUT2D eigenvalue weighted by Crippen LogP contribution is 2.26. The summed E-state index contributed by atoms with van der Waals surface area (Å²) in [4.78, 5) is 28.5. The van der Waals surface area contributed by atoms with E-state index in [0.29, 0.717) is 6.54 Å². The van der Waals surface area contributed by atoms with Gasteiger partial charge in [-0.15, -0.1) is 0 Å². The minimum absolute atomic E-state index is 0.0678. The second-order valence-corrected chi connectivity index (χ2v) is 6.98. The van der Waals surface area contributed by atoms with Gasteiger partial charge in [-0.2, -0.15) is 0 Å². The van der Waals surface area contributed by atoms with Gasteiger partial charge in [0.1, 0.15) is 0 Å². The van der Waals surface area contributed by atoms with Gasteiger partial charge in [-0.25, -0.2) is 0 Å². The Hall–Kier alpha value is -2.82. The van der Waals surface area contributed by atoms with E-state index in [2.05, 4.69) is 30.1 Å². The molecule has 0 aliphatic heterocycles. The third-order valence-corrected chi connectivity index (χ3v) is 4.88. The fraction of sp³-hybridized carbons (Fsp3) is 0.391. The predicted octanol–water partition coefficient (Wildman–Crippen LogP) is 4.53. The molecule has 0 aliphatic carbocycles. The van der Waals surface area contributed by atoms with Crippen LogP contribution in [0.2, 0.25) is 0 Å². The van der Waals surface area contributed by atoms with Crippen molar-refractivity contribution in [1.29, 1.82) is 0 Å². The van der Waals surface area contributed by atoms with Gasteiger partial charge in [0.15, 0.2) is 0 Å². The second kappa shape index (κ2) is 9.93. The van der Waals surface area contributed by atoms with Crippen molar-refractivity contribution in [3.63, 3.8) is 0 Å². The van der Waals surface area contributed by atoms with Crippen LogP contribution in [0.4, 0.5) is 17.1 Å². The SMILES string of the molecule is CCN(CC)c1ccc(N(CCC(=O)Nc2ccc(C)cc2)C(C)=O)c(C)c1. The third-order valence-electron chi connectivity index (χ3n) is 4.88. The molecule has 0 unspecified atom stereocenters. The number of hydrogen-bond donors (Lipinski definition) is 1. The molecule has 0 aliphatic rings. The Kier molecular flexibility index (Phi) is 7.61. The maximum atomic E-state index is 12.3. The fourth-order valence-corrected chi connectivity index (χ4v) is 3.25. The van der Waals surface area contributed by atoms with E-state index in [1.54, 1.807) is 4.90 Å². The van der Waals surface area contributed by atoms with Crippen LogP contribution >= 0.6 is 0 Å². The van der Waals surface area contributed by atoms with E-state index in [1.807, 2.05) is 50.2 Å². The zero-order valence-corrected chi connectivity index (χ0v) is 17.6. The summed E-state index contributed by atoms with van der Waals surface area (Å²) >= 11 is 0. The van der Waals surface area contributed by atoms with E-state index >= 15 is 0 Å². The summed E-state index contributed by atoms with van der Waals surface area (Å²) in [7, 11) is 0. The molecule has 0 saturated carbocycles. The number of aryl methyl sites for hydroxylation is 2. The van der Waals surface area contributed by atoms with Gasteiger partial charge in [0.25, 0.3) is 0 Å². The van der Waals surface area contributed by atoms with Crippen LogP contribution in [-0.2, 0) is 9.59 Å². The zero-order chi connectivity index (χ0) is 20.7. The Balaban J connectivity index is 2.07. The van der Waals surface area contributed by atoms with E-state index in [1.165, 1.54) is 6.92 Å². The molecule has 0 spiro atoms. The molecule has 5 nitrogen and oxygen atoms in total. The summed E-state index contributed by atoms with van der Waals surface area (Å²) in [5.41, 5.74) is 4.94. The van der Waals surface area contributed by atoms with Crippen LogP contribution in [0.3, 0.4) is 0 Å². The van der Waals surface area contributed by atoms with Gasteiger partial charge >= 0.3 is 0 Å². The second-order valence-electron chi connectivity index (χ2n) is 6.98. The van der Waals surface area contributed by atoms with Gasteiger partial charge in [0.2, 0.25) is 11.8 Å². The maximum Gasteiger partial charge on any atom is 0.226 e. The van der Waals surface area contributed by atoms with Crippen LogP contribution in [0.15, 0.2) is 42.5 Å². The quantitative estimate of drug-likeness (QED) is 0.731. The maximum absolute atomic E-state index is 12.3. The molecule has 2 amide bonds. The van der Waals surface area contributed by atoms with E-state index < -0.39 is 0 Å². The van der Waals surface area contributed by atoms with Crippen LogP contribution in [0.5, 0.6) is 0 Å². The van der Waals surface area contributed by atoms with Crippen LogP contribution in [-0.4, -0.2) is 31.4 Å². The van der Waals surface area contributed by atoms with Crippen LogP contribution < -0.4 is 15.1 Å². The predicted molar refractivity (Wildman–Crippen MR) is 117 cm³/mol. The van der Waals surface area contributed by atoms with Crippen molar-refractivity contribution in [3.05, 3.63) is 53.6 Å². The third kappa shape index (κ3) is 5.59. The molecule has 0 radical (unpaired) electrons. The molecule has 28 heavy (non-hydrogen) atoms. The summed E-state index contributed by atoms with van der Waals surface area (Å²) in [6, 6.07) is 13.8. The summed E-state index contributed by atoms with van der Waals surface area (Å²) in [6.07, 6.45) is 0.241. The Bertz CT molecular complexity index is 811. The van der Waals surface area contributed by atoms with E-state index in [0.717, 1.165) is 41.3 Å². The van der Waals surface area contributed by atoms with E-state index in [-0.39, 0.29) is 18.2 Å². The van der Waals surface area contributed by atoms with Gasteiger partial charge < -0.3 is 15.1 Å². The molecule has 1 N–H and O–H groups in total. The van der Waals surface area contributed by atoms with Crippen LogP contribution in [0.1, 0.15) is 38.3 Å². The molecule has 0 bridgehead atoms. The molecule has 0 fully saturated rings. The minimum Gasteiger partial charge on any atom is -0.372 e. The van der Waals surface area contributed by atoms with Gasteiger partial charge in [-0.1, -0.05) is 17.7 Å². The van der Waals surface area contributed by atoms with Crippen molar-refractivity contribution in [2.75, 3.05) is 34.8 Å². The van der Waals surface area contributed by atoms with E-state index in [4.69, 9.17) is 0 Å². The molecule has 2 aromatic carbocycles. The molecule has 5 heteroatoms. The van der Waals surface area contributed by atoms with Crippen molar-refractivity contribution in [2.24, 2.45) is 0 Å². The summed E-state index contributed by atoms with van der Waals surface area (Å²) in [5, 5.41) is 2.89. The first-order chi connectivity index (χ1) is 13.3. The molecule has 0 heterocycles. The number of amides is 2. The lowest BCUT2D eigenvalue weighted by atomic mass is 10.1. The highest BCUT2D eigenvalue weighted by atomic mass is 16.2. The number of nitrogens with zero attached hydrogens (tertiary/aromatic N) is 2. The van der Waals surface area contributed by atoms with Crippen LogP contribution in [0, 0.1) is 13.8 Å². The van der Waals surface area contributed by atoms with Crippen molar-refractivity contribution in [2.45, 2.75) is 41.0 Å². The monoisotopic (exact) mass is 381 g/mol. The summed E-state index contributed by atoms with van der Waals surface area (Å²) in [5.74, 6) is -0.172. The number of anilines is 3. The minimum atomic E-state index is -0.104. The van der Waals surface area contributed by atoms with Crippen molar-refractivity contribution >= 4 is 28.9 Å². The lowest BCUT2D eigenvalue weighted by Crippen LogP contribution is -2.32. The molecular formula is C23H31N3O2. The lowest BCUT2D eigenvalue weighted by molar-refractivity contribution is -0.117. The number of nitrogens with one attached hydrogen (secondary N) is 1. The molecule has 2 aromatic rings. The largest absolute Gasteiger partial charge is 0.372 e. The standard InChI is InChI=1S/C23H31N3O2/c1-6-25(7-2)21-12-13-22(18(4)16-21)26(19(5)27)15-14-23(28)24-20-10-8-17(3)9-11-20/h8-13,16H,6-7,14-15H2,1-5H3,(H,24,28). The number of benzene rings is 2. The number of carbonyl (C=O) groups is 2. The topological polar surface area (TPSA) is 52.6 Å². The van der Waals surface area contributed by atoms with Gasteiger partial charge in [-0.3, -0.25) is 9.59 Å². The lowest BCUT2D eigenvalue weighted by Gasteiger charge is -2.26. The highest BCUT2D eigenvalue weighted by molar-refractivity contribution is 5.95. The van der Waals surface area contributed by atoms with Crippen molar-refractivity contribution in [1.82, 2.24) is 0 Å². The first-order valence-electron chi connectivity index (χ1n) is 9.85. The first kappa shape index (κ1) is 21.5. The normalized spacial score (nSPS) is 10.5. The number of carbonyl (C=O) groups excluding carboxylic acids is 2. The molecule has 0 atom stereocenters. The Morgan fingerprint density at radius 2 is 1.61 bits per heavy atom. The number of rotatable bonds is 8. The Morgan fingerprint density at radius 3 is 2.14 bits per heavy atom. The molecule has 2 rings (SSSR count). The van der Waals surface area contributed by atoms with Crippen molar-refractivity contribution in [3.8, 4) is 0 Å². The van der Waals surface area contributed by atoms with E-state index in [9.17, 15) is 9.59 Å². The van der Waals surface area contributed by atoms with Crippen molar-refractivity contribution < 1.29 is 9.59 Å². The fourth-order valence-electron chi connectivity index (χ4n) is 3.25.